The van der Waals surface area contributed by atoms with Crippen LogP contribution >= 0.6 is 0 Å². The third kappa shape index (κ3) is 5.81. The summed E-state index contributed by atoms with van der Waals surface area (Å²) in [6.07, 6.45) is 2.85. The van der Waals surface area contributed by atoms with Crippen LogP contribution in [0.4, 0.5) is 0 Å². The van der Waals surface area contributed by atoms with Gasteiger partial charge in [-0.05, 0) is 36.7 Å². The van der Waals surface area contributed by atoms with E-state index in [1.807, 2.05) is 6.07 Å². The van der Waals surface area contributed by atoms with E-state index >= 15 is 0 Å². The Bertz CT molecular complexity index is 918. The fourth-order valence-electron chi connectivity index (χ4n) is 4.26. The van der Waals surface area contributed by atoms with Crippen LogP contribution in [0.25, 0.3) is 0 Å². The number of benzene rings is 2. The van der Waals surface area contributed by atoms with E-state index in [0.29, 0.717) is 23.3 Å². The van der Waals surface area contributed by atoms with Gasteiger partial charge in [-0.15, -0.1) is 0 Å². The van der Waals surface area contributed by atoms with Crippen molar-refractivity contribution in [3.8, 4) is 0 Å². The Hall–Kier alpha value is -2.95. The maximum Gasteiger partial charge on any atom is 0.344 e. The third-order valence-electron chi connectivity index (χ3n) is 5.99. The number of carbonyl (C=O) groups excluding carboxylic acids is 3. The number of esters is 2. The van der Waals surface area contributed by atoms with Crippen molar-refractivity contribution in [1.29, 1.82) is 0 Å². The standard InChI is InChI=1S/C26H30O5/c1-17(2)20-14-13-18(3)15-23(20)31-24(27)16-30-26(29)22-12-8-7-11-21(22)25(28)19-9-5-4-6-10-19/h4-12,17-18,20,23H,13-16H2,1-3H3/t18-,20-,23-/m1/s1. The minimum absolute atomic E-state index is 0.135. The molecule has 164 valence electrons. The molecule has 0 aromatic heterocycles. The fourth-order valence-corrected chi connectivity index (χ4v) is 4.26. The molecule has 0 unspecified atom stereocenters. The first-order chi connectivity index (χ1) is 14.9. The molecule has 0 radical (unpaired) electrons. The summed E-state index contributed by atoms with van der Waals surface area (Å²) in [7, 11) is 0. The minimum atomic E-state index is -0.714. The Kier molecular flexibility index (Phi) is 7.61. The van der Waals surface area contributed by atoms with E-state index in [-0.39, 0.29) is 23.0 Å². The molecule has 2 aromatic carbocycles. The van der Waals surface area contributed by atoms with Gasteiger partial charge in [0.1, 0.15) is 6.10 Å². The molecule has 0 spiro atoms. The lowest BCUT2D eigenvalue weighted by atomic mass is 9.75. The summed E-state index contributed by atoms with van der Waals surface area (Å²) in [6.45, 7) is 5.98. The molecular formula is C26H30O5. The first kappa shape index (κ1) is 22.7. The predicted molar refractivity (Wildman–Crippen MR) is 118 cm³/mol. The van der Waals surface area contributed by atoms with Crippen LogP contribution in [0, 0.1) is 17.8 Å². The molecule has 1 aliphatic rings. The van der Waals surface area contributed by atoms with Crippen molar-refractivity contribution in [2.24, 2.45) is 17.8 Å². The van der Waals surface area contributed by atoms with E-state index in [2.05, 4.69) is 20.8 Å². The summed E-state index contributed by atoms with van der Waals surface area (Å²) in [5.74, 6) is -0.291. The molecule has 2 aromatic rings. The van der Waals surface area contributed by atoms with Crippen LogP contribution in [0.5, 0.6) is 0 Å². The van der Waals surface area contributed by atoms with E-state index in [1.165, 1.54) is 6.07 Å². The highest BCUT2D eigenvalue weighted by atomic mass is 16.6. The van der Waals surface area contributed by atoms with Crippen LogP contribution in [-0.2, 0) is 14.3 Å². The topological polar surface area (TPSA) is 69.7 Å². The molecule has 3 atom stereocenters. The highest BCUT2D eigenvalue weighted by Gasteiger charge is 2.33. The van der Waals surface area contributed by atoms with E-state index in [4.69, 9.17) is 9.47 Å². The maximum absolute atomic E-state index is 12.8. The van der Waals surface area contributed by atoms with E-state index in [9.17, 15) is 14.4 Å². The monoisotopic (exact) mass is 422 g/mol. The van der Waals surface area contributed by atoms with Crippen molar-refractivity contribution >= 4 is 17.7 Å². The van der Waals surface area contributed by atoms with Crippen LogP contribution in [0.1, 0.15) is 66.3 Å². The Morgan fingerprint density at radius 2 is 1.58 bits per heavy atom. The molecule has 0 aliphatic heterocycles. The second-order valence-electron chi connectivity index (χ2n) is 8.67. The summed E-state index contributed by atoms with van der Waals surface area (Å²) in [6, 6.07) is 15.2. The van der Waals surface area contributed by atoms with Gasteiger partial charge in [0.25, 0.3) is 0 Å². The first-order valence-electron chi connectivity index (χ1n) is 10.9. The number of ketones is 1. The van der Waals surface area contributed by atoms with Crippen molar-refractivity contribution in [2.45, 2.75) is 46.1 Å². The van der Waals surface area contributed by atoms with Crippen molar-refractivity contribution in [1.82, 2.24) is 0 Å². The first-order valence-corrected chi connectivity index (χ1v) is 10.9. The molecule has 5 nitrogen and oxygen atoms in total. The van der Waals surface area contributed by atoms with Crippen LogP contribution in [-0.4, -0.2) is 30.4 Å². The number of rotatable bonds is 7. The summed E-state index contributed by atoms with van der Waals surface area (Å²) in [5.41, 5.74) is 0.858. The molecular weight excluding hydrogens is 392 g/mol. The quantitative estimate of drug-likeness (QED) is 0.460. The van der Waals surface area contributed by atoms with Gasteiger partial charge in [-0.25, -0.2) is 9.59 Å². The van der Waals surface area contributed by atoms with Crippen molar-refractivity contribution in [3.63, 3.8) is 0 Å². The lowest BCUT2D eigenvalue weighted by Crippen LogP contribution is -2.36. The summed E-state index contributed by atoms with van der Waals surface area (Å²) < 4.78 is 10.9. The SMILES string of the molecule is CC(C)[C@H]1CC[C@@H](C)C[C@H]1OC(=O)COC(=O)c1ccccc1C(=O)c1ccccc1. The molecule has 0 N–H and O–H groups in total. The van der Waals surface area contributed by atoms with Gasteiger partial charge in [0.2, 0.25) is 0 Å². The van der Waals surface area contributed by atoms with Gasteiger partial charge in [-0.2, -0.15) is 0 Å². The van der Waals surface area contributed by atoms with Gasteiger partial charge in [-0.3, -0.25) is 4.79 Å². The third-order valence-corrected chi connectivity index (χ3v) is 5.99. The molecule has 31 heavy (non-hydrogen) atoms. The van der Waals surface area contributed by atoms with Gasteiger partial charge in [-0.1, -0.05) is 75.7 Å². The van der Waals surface area contributed by atoms with Gasteiger partial charge < -0.3 is 9.47 Å². The summed E-state index contributed by atoms with van der Waals surface area (Å²) in [4.78, 5) is 37.8. The van der Waals surface area contributed by atoms with E-state index in [1.54, 1.807) is 42.5 Å². The van der Waals surface area contributed by atoms with Gasteiger partial charge >= 0.3 is 11.9 Å². The van der Waals surface area contributed by atoms with Gasteiger partial charge in [0.05, 0.1) is 5.56 Å². The molecule has 0 amide bonds. The molecule has 0 heterocycles. The zero-order chi connectivity index (χ0) is 22.4. The molecule has 5 heteroatoms. The average Bonchev–Trinajstić information content (AvgIpc) is 2.77. The largest absolute Gasteiger partial charge is 0.460 e. The second-order valence-corrected chi connectivity index (χ2v) is 8.67. The van der Waals surface area contributed by atoms with Crippen LogP contribution in [0.15, 0.2) is 54.6 Å². The van der Waals surface area contributed by atoms with E-state index in [0.717, 1.165) is 19.3 Å². The highest BCUT2D eigenvalue weighted by molar-refractivity contribution is 6.14. The highest BCUT2D eigenvalue weighted by Crippen LogP contribution is 2.35. The zero-order valence-corrected chi connectivity index (χ0v) is 18.4. The molecule has 1 saturated carbocycles. The molecule has 1 fully saturated rings. The van der Waals surface area contributed by atoms with Gasteiger partial charge in [0, 0.05) is 11.1 Å². The second kappa shape index (κ2) is 10.4. The minimum Gasteiger partial charge on any atom is -0.460 e. The molecule has 3 rings (SSSR count). The predicted octanol–water partition coefficient (Wildman–Crippen LogP) is 5.08. The fraction of sp³-hybridized carbons (Fsp3) is 0.423. The molecule has 0 bridgehead atoms. The van der Waals surface area contributed by atoms with Crippen molar-refractivity contribution in [2.75, 3.05) is 6.61 Å². The van der Waals surface area contributed by atoms with E-state index < -0.39 is 18.5 Å². The Morgan fingerprint density at radius 3 is 2.26 bits per heavy atom. The number of hydrogen-bond acceptors (Lipinski definition) is 5. The zero-order valence-electron chi connectivity index (χ0n) is 18.4. The summed E-state index contributed by atoms with van der Waals surface area (Å²) in [5, 5.41) is 0. The maximum atomic E-state index is 12.8. The number of ether oxygens (including phenoxy) is 2. The van der Waals surface area contributed by atoms with Crippen LogP contribution in [0.3, 0.4) is 0 Å². The summed E-state index contributed by atoms with van der Waals surface area (Å²) >= 11 is 0. The van der Waals surface area contributed by atoms with Crippen LogP contribution in [0.2, 0.25) is 0 Å². The lowest BCUT2D eigenvalue weighted by Gasteiger charge is -2.36. The smallest absolute Gasteiger partial charge is 0.344 e. The number of hydrogen-bond donors (Lipinski definition) is 0. The van der Waals surface area contributed by atoms with Crippen LogP contribution < -0.4 is 0 Å². The molecule has 0 saturated heterocycles. The molecule has 1 aliphatic carbocycles. The Balaban J connectivity index is 1.63. The average molecular weight is 423 g/mol. The lowest BCUT2D eigenvalue weighted by molar-refractivity contribution is -0.159. The Morgan fingerprint density at radius 1 is 0.935 bits per heavy atom. The van der Waals surface area contributed by atoms with Gasteiger partial charge in [0.15, 0.2) is 12.4 Å². The Labute approximate surface area is 183 Å². The van der Waals surface area contributed by atoms with Crippen molar-refractivity contribution < 1.29 is 23.9 Å². The van der Waals surface area contributed by atoms with Crippen molar-refractivity contribution in [3.05, 3.63) is 71.3 Å². The normalized spacial score (nSPS) is 20.8. The number of carbonyl (C=O) groups is 3.